The standard InChI is InChI=1S/C9H19N5S/c1-4-5-14-8(11-12-13-14)6-15-7-9(2,3)10/h4-7,10H2,1-3H3. The van der Waals surface area contributed by atoms with E-state index in [1.54, 1.807) is 11.8 Å². The first-order valence-electron chi connectivity index (χ1n) is 5.14. The maximum absolute atomic E-state index is 5.89. The van der Waals surface area contributed by atoms with Crippen molar-refractivity contribution in [3.63, 3.8) is 0 Å². The number of rotatable bonds is 6. The smallest absolute Gasteiger partial charge is 0.161 e. The van der Waals surface area contributed by atoms with Crippen LogP contribution < -0.4 is 5.73 Å². The Bertz CT molecular complexity index is 291. The van der Waals surface area contributed by atoms with E-state index < -0.39 is 0 Å². The molecule has 0 unspecified atom stereocenters. The molecule has 1 aromatic heterocycles. The second-order valence-corrected chi connectivity index (χ2v) is 5.29. The predicted octanol–water partition coefficient (Wildman–Crippen LogP) is 1.05. The highest BCUT2D eigenvalue weighted by molar-refractivity contribution is 7.98. The van der Waals surface area contributed by atoms with Gasteiger partial charge in [-0.3, -0.25) is 0 Å². The molecule has 86 valence electrons. The van der Waals surface area contributed by atoms with Gasteiger partial charge in [-0.2, -0.15) is 11.8 Å². The zero-order valence-electron chi connectivity index (χ0n) is 9.60. The lowest BCUT2D eigenvalue weighted by molar-refractivity contribution is 0.563. The van der Waals surface area contributed by atoms with E-state index in [0.29, 0.717) is 0 Å². The minimum absolute atomic E-state index is 0.131. The molecule has 0 aliphatic rings. The molecule has 0 fully saturated rings. The SMILES string of the molecule is CCCn1nnnc1CSCC(C)(C)N. The van der Waals surface area contributed by atoms with Crippen molar-refractivity contribution < 1.29 is 0 Å². The third-order valence-corrected chi connectivity index (χ3v) is 3.16. The molecule has 6 heteroatoms. The molecule has 0 spiro atoms. The Hall–Kier alpha value is -0.620. The molecule has 0 saturated carbocycles. The number of hydrogen-bond acceptors (Lipinski definition) is 5. The average Bonchev–Trinajstić information content (AvgIpc) is 2.51. The van der Waals surface area contributed by atoms with E-state index in [1.165, 1.54) is 0 Å². The van der Waals surface area contributed by atoms with Gasteiger partial charge >= 0.3 is 0 Å². The first-order valence-corrected chi connectivity index (χ1v) is 6.30. The van der Waals surface area contributed by atoms with Crippen LogP contribution >= 0.6 is 11.8 Å². The van der Waals surface area contributed by atoms with Crippen molar-refractivity contribution in [2.24, 2.45) is 5.73 Å². The Labute approximate surface area is 94.8 Å². The minimum atomic E-state index is -0.131. The number of thioether (sulfide) groups is 1. The van der Waals surface area contributed by atoms with Crippen LogP contribution in [0.25, 0.3) is 0 Å². The third kappa shape index (κ3) is 4.61. The Kier molecular flexibility index (Phi) is 4.53. The van der Waals surface area contributed by atoms with Crippen LogP contribution in [0.4, 0.5) is 0 Å². The average molecular weight is 229 g/mol. The first-order chi connectivity index (χ1) is 7.03. The fraction of sp³-hybridized carbons (Fsp3) is 0.889. The van der Waals surface area contributed by atoms with Crippen molar-refractivity contribution in [1.82, 2.24) is 20.2 Å². The van der Waals surface area contributed by atoms with Gasteiger partial charge in [-0.15, -0.1) is 5.10 Å². The number of aromatic nitrogens is 4. The molecule has 0 radical (unpaired) electrons. The summed E-state index contributed by atoms with van der Waals surface area (Å²) in [7, 11) is 0. The molecular formula is C9H19N5S. The van der Waals surface area contributed by atoms with Gasteiger partial charge in [0.25, 0.3) is 0 Å². The van der Waals surface area contributed by atoms with Crippen LogP contribution in [0.3, 0.4) is 0 Å². The van der Waals surface area contributed by atoms with Crippen LogP contribution in [0.5, 0.6) is 0 Å². The summed E-state index contributed by atoms with van der Waals surface area (Å²) in [5.41, 5.74) is 5.76. The summed E-state index contributed by atoms with van der Waals surface area (Å²) < 4.78 is 1.86. The lowest BCUT2D eigenvalue weighted by atomic mass is 10.1. The van der Waals surface area contributed by atoms with E-state index in [9.17, 15) is 0 Å². The molecule has 0 saturated heterocycles. The van der Waals surface area contributed by atoms with Crippen LogP contribution in [0, 0.1) is 0 Å². The lowest BCUT2D eigenvalue weighted by Gasteiger charge is -2.17. The van der Waals surface area contributed by atoms with Gasteiger partial charge in [0.2, 0.25) is 0 Å². The number of hydrogen-bond donors (Lipinski definition) is 1. The Morgan fingerprint density at radius 2 is 2.20 bits per heavy atom. The Morgan fingerprint density at radius 3 is 2.80 bits per heavy atom. The van der Waals surface area contributed by atoms with Crippen molar-refractivity contribution in [2.75, 3.05) is 5.75 Å². The van der Waals surface area contributed by atoms with Crippen molar-refractivity contribution in [3.8, 4) is 0 Å². The fourth-order valence-corrected chi connectivity index (χ4v) is 2.13. The number of nitrogens with two attached hydrogens (primary N) is 1. The highest BCUT2D eigenvalue weighted by atomic mass is 32.2. The van der Waals surface area contributed by atoms with Crippen molar-refractivity contribution >= 4 is 11.8 Å². The van der Waals surface area contributed by atoms with Crippen molar-refractivity contribution in [3.05, 3.63) is 5.82 Å². The monoisotopic (exact) mass is 229 g/mol. The van der Waals surface area contributed by atoms with E-state index in [-0.39, 0.29) is 5.54 Å². The second kappa shape index (κ2) is 5.46. The van der Waals surface area contributed by atoms with Crippen LogP contribution in [0.2, 0.25) is 0 Å². The minimum Gasteiger partial charge on any atom is -0.325 e. The van der Waals surface area contributed by atoms with E-state index in [2.05, 4.69) is 22.4 Å². The van der Waals surface area contributed by atoms with Crippen molar-refractivity contribution in [1.29, 1.82) is 0 Å². The molecule has 0 aliphatic heterocycles. The Morgan fingerprint density at radius 1 is 1.47 bits per heavy atom. The molecule has 15 heavy (non-hydrogen) atoms. The molecule has 0 atom stereocenters. The van der Waals surface area contributed by atoms with Gasteiger partial charge in [0.1, 0.15) is 0 Å². The molecule has 0 aliphatic carbocycles. The topological polar surface area (TPSA) is 69.6 Å². The zero-order valence-corrected chi connectivity index (χ0v) is 10.4. The summed E-state index contributed by atoms with van der Waals surface area (Å²) in [6.45, 7) is 7.04. The highest BCUT2D eigenvalue weighted by Crippen LogP contribution is 2.14. The number of nitrogens with zero attached hydrogens (tertiary/aromatic N) is 4. The van der Waals surface area contributed by atoms with E-state index >= 15 is 0 Å². The number of aryl methyl sites for hydroxylation is 1. The largest absolute Gasteiger partial charge is 0.325 e. The maximum Gasteiger partial charge on any atom is 0.161 e. The summed E-state index contributed by atoms with van der Waals surface area (Å²) in [4.78, 5) is 0. The van der Waals surface area contributed by atoms with Crippen molar-refractivity contribution in [2.45, 2.75) is 45.0 Å². The molecule has 5 nitrogen and oxygen atoms in total. The quantitative estimate of drug-likeness (QED) is 0.789. The van der Waals surface area contributed by atoms with Crippen LogP contribution in [0.15, 0.2) is 0 Å². The lowest BCUT2D eigenvalue weighted by Crippen LogP contribution is -2.34. The fourth-order valence-electron chi connectivity index (χ4n) is 1.12. The molecule has 0 bridgehead atoms. The van der Waals surface area contributed by atoms with Crippen LogP contribution in [-0.4, -0.2) is 31.5 Å². The van der Waals surface area contributed by atoms with Gasteiger partial charge in [-0.1, -0.05) is 6.92 Å². The molecule has 1 rings (SSSR count). The second-order valence-electron chi connectivity index (χ2n) is 4.30. The highest BCUT2D eigenvalue weighted by Gasteiger charge is 2.12. The first kappa shape index (κ1) is 12.4. The third-order valence-electron chi connectivity index (χ3n) is 1.75. The van der Waals surface area contributed by atoms with E-state index in [4.69, 9.17) is 5.73 Å². The van der Waals surface area contributed by atoms with E-state index in [0.717, 1.165) is 30.3 Å². The molecule has 1 aromatic rings. The van der Waals surface area contributed by atoms with Crippen LogP contribution in [-0.2, 0) is 12.3 Å². The summed E-state index contributed by atoms with van der Waals surface area (Å²) in [5, 5.41) is 11.6. The van der Waals surface area contributed by atoms with Gasteiger partial charge < -0.3 is 5.73 Å². The zero-order chi connectivity index (χ0) is 11.3. The van der Waals surface area contributed by atoms with Gasteiger partial charge in [0.05, 0.1) is 5.75 Å². The Balaban J connectivity index is 2.40. The summed E-state index contributed by atoms with van der Waals surface area (Å²) >= 11 is 1.77. The summed E-state index contributed by atoms with van der Waals surface area (Å²) in [6.07, 6.45) is 1.05. The van der Waals surface area contributed by atoms with Crippen LogP contribution in [0.1, 0.15) is 33.0 Å². The summed E-state index contributed by atoms with van der Waals surface area (Å²) in [6, 6.07) is 0. The van der Waals surface area contributed by atoms with Gasteiger partial charge in [-0.25, -0.2) is 4.68 Å². The molecule has 2 N–H and O–H groups in total. The van der Waals surface area contributed by atoms with Gasteiger partial charge in [0.15, 0.2) is 5.82 Å². The summed E-state index contributed by atoms with van der Waals surface area (Å²) in [5.74, 6) is 2.67. The molecule has 1 heterocycles. The molecule has 0 aromatic carbocycles. The van der Waals surface area contributed by atoms with Gasteiger partial charge in [-0.05, 0) is 30.7 Å². The normalized spacial score (nSPS) is 12.0. The maximum atomic E-state index is 5.89. The van der Waals surface area contributed by atoms with Gasteiger partial charge in [0, 0.05) is 17.8 Å². The number of tetrazole rings is 1. The molecule has 0 amide bonds. The van der Waals surface area contributed by atoms with E-state index in [1.807, 2.05) is 18.5 Å². The molecular weight excluding hydrogens is 210 g/mol. The predicted molar refractivity (Wildman–Crippen MR) is 62.5 cm³/mol.